The summed E-state index contributed by atoms with van der Waals surface area (Å²) < 4.78 is 27.1. The fraction of sp³-hybridized carbons (Fsp3) is 0.333. The molecule has 0 saturated carbocycles. The zero-order chi connectivity index (χ0) is 20.1. The lowest BCUT2D eigenvalue weighted by Gasteiger charge is -2.39. The van der Waals surface area contributed by atoms with E-state index in [2.05, 4.69) is 4.90 Å². The van der Waals surface area contributed by atoms with Crippen LogP contribution in [0, 0.1) is 11.6 Å². The minimum absolute atomic E-state index is 0.00356. The molecule has 148 valence electrons. The molecule has 0 spiro atoms. The highest BCUT2D eigenvalue weighted by Crippen LogP contribution is 2.27. The zero-order valence-corrected chi connectivity index (χ0v) is 15.4. The highest BCUT2D eigenvalue weighted by atomic mass is 19.1. The lowest BCUT2D eigenvalue weighted by atomic mass is 9.99. The second-order valence-electron chi connectivity index (χ2n) is 6.81. The van der Waals surface area contributed by atoms with Crippen LogP contribution in [0.3, 0.4) is 0 Å². The van der Waals surface area contributed by atoms with E-state index < -0.39 is 11.8 Å². The number of halogens is 2. The summed E-state index contributed by atoms with van der Waals surface area (Å²) in [7, 11) is 0. The summed E-state index contributed by atoms with van der Waals surface area (Å²) >= 11 is 0. The van der Waals surface area contributed by atoms with Gasteiger partial charge in [-0.1, -0.05) is 24.3 Å². The maximum absolute atomic E-state index is 13.9. The molecule has 0 radical (unpaired) electrons. The summed E-state index contributed by atoms with van der Waals surface area (Å²) in [6, 6.07) is 11.8. The molecule has 7 heteroatoms. The Morgan fingerprint density at radius 2 is 1.61 bits per heavy atom. The summed E-state index contributed by atoms with van der Waals surface area (Å²) in [5.74, 6) is -2.12. The molecule has 2 aromatic rings. The van der Waals surface area contributed by atoms with Gasteiger partial charge in [0.1, 0.15) is 11.6 Å². The normalized spacial score (nSPS) is 16.0. The number of carboxylic acid groups (broad SMARTS) is 1. The summed E-state index contributed by atoms with van der Waals surface area (Å²) in [4.78, 5) is 27.3. The Kier molecular flexibility index (Phi) is 6.36. The molecule has 1 aliphatic heterocycles. The number of amides is 1. The van der Waals surface area contributed by atoms with Crippen molar-refractivity contribution in [1.29, 1.82) is 0 Å². The average molecular weight is 388 g/mol. The largest absolute Gasteiger partial charge is 0.481 e. The van der Waals surface area contributed by atoms with Gasteiger partial charge in [0.2, 0.25) is 0 Å². The van der Waals surface area contributed by atoms with Crippen LogP contribution in [0.25, 0.3) is 0 Å². The van der Waals surface area contributed by atoms with Crippen LogP contribution in [-0.2, 0) is 4.79 Å². The van der Waals surface area contributed by atoms with Crippen molar-refractivity contribution in [3.05, 3.63) is 71.3 Å². The minimum atomic E-state index is -0.888. The molecule has 1 heterocycles. The molecule has 1 N–H and O–H groups in total. The first kappa shape index (κ1) is 19.9. The maximum atomic E-state index is 13.9. The van der Waals surface area contributed by atoms with Gasteiger partial charge < -0.3 is 10.0 Å². The predicted octanol–water partition coefficient (Wildman–Crippen LogP) is 3.33. The summed E-state index contributed by atoms with van der Waals surface area (Å²) in [5, 5.41) is 9.05. The Labute approximate surface area is 162 Å². The number of rotatable bonds is 6. The Bertz CT molecular complexity index is 834. The van der Waals surface area contributed by atoms with Gasteiger partial charge in [0.05, 0.1) is 5.56 Å². The van der Waals surface area contributed by atoms with Gasteiger partial charge in [0.15, 0.2) is 0 Å². The number of carbonyl (C=O) groups is 2. The van der Waals surface area contributed by atoms with Crippen molar-refractivity contribution in [2.75, 3.05) is 26.2 Å². The van der Waals surface area contributed by atoms with Gasteiger partial charge in [-0.25, -0.2) is 8.78 Å². The number of benzene rings is 2. The zero-order valence-electron chi connectivity index (χ0n) is 15.4. The second-order valence-corrected chi connectivity index (χ2v) is 6.81. The Morgan fingerprint density at radius 3 is 2.21 bits per heavy atom. The first-order valence-corrected chi connectivity index (χ1v) is 9.21. The average Bonchev–Trinajstić information content (AvgIpc) is 2.69. The second kappa shape index (κ2) is 8.93. The molecule has 0 aliphatic carbocycles. The van der Waals surface area contributed by atoms with E-state index in [1.807, 2.05) is 0 Å². The fourth-order valence-electron chi connectivity index (χ4n) is 3.55. The third-order valence-electron chi connectivity index (χ3n) is 5.03. The summed E-state index contributed by atoms with van der Waals surface area (Å²) in [5.41, 5.74) is 0.897. The van der Waals surface area contributed by atoms with Crippen LogP contribution in [-0.4, -0.2) is 53.0 Å². The standard InChI is InChI=1S/C21H22F2N2O3/c22-16-7-5-15(6-8-16)19(9-10-20(26)27)24-11-13-25(14-12-24)21(28)17-3-1-2-4-18(17)23/h1-8,19H,9-14H2,(H,26,27)/t19-/m0/s1. The van der Waals surface area contributed by atoms with Crippen LogP contribution in [0.1, 0.15) is 34.8 Å². The predicted molar refractivity (Wildman–Crippen MR) is 99.9 cm³/mol. The van der Waals surface area contributed by atoms with Gasteiger partial charge in [-0.05, 0) is 36.2 Å². The van der Waals surface area contributed by atoms with Gasteiger partial charge in [0, 0.05) is 38.6 Å². The minimum Gasteiger partial charge on any atom is -0.481 e. The van der Waals surface area contributed by atoms with Crippen molar-refractivity contribution in [2.45, 2.75) is 18.9 Å². The molecule has 1 aliphatic rings. The molecular formula is C21H22F2N2O3. The Balaban J connectivity index is 1.69. The summed E-state index contributed by atoms with van der Waals surface area (Å²) in [6.45, 7) is 1.89. The number of carbonyl (C=O) groups excluding carboxylic acids is 1. The molecule has 5 nitrogen and oxygen atoms in total. The van der Waals surface area contributed by atoms with Crippen LogP contribution in [0.15, 0.2) is 48.5 Å². The van der Waals surface area contributed by atoms with Gasteiger partial charge in [-0.15, -0.1) is 0 Å². The summed E-state index contributed by atoms with van der Waals surface area (Å²) in [6.07, 6.45) is 0.388. The van der Waals surface area contributed by atoms with E-state index in [0.29, 0.717) is 32.6 Å². The number of carboxylic acids is 1. The van der Waals surface area contributed by atoms with Crippen molar-refractivity contribution in [3.8, 4) is 0 Å². The maximum Gasteiger partial charge on any atom is 0.303 e. The van der Waals surface area contributed by atoms with Gasteiger partial charge >= 0.3 is 5.97 Å². The fourth-order valence-corrected chi connectivity index (χ4v) is 3.55. The van der Waals surface area contributed by atoms with Crippen LogP contribution >= 0.6 is 0 Å². The van der Waals surface area contributed by atoms with E-state index in [1.165, 1.54) is 24.3 Å². The monoisotopic (exact) mass is 388 g/mol. The van der Waals surface area contributed by atoms with E-state index in [0.717, 1.165) is 5.56 Å². The number of hydrogen-bond acceptors (Lipinski definition) is 3. The van der Waals surface area contributed by atoms with Gasteiger partial charge in [-0.2, -0.15) is 0 Å². The first-order chi connectivity index (χ1) is 13.5. The Morgan fingerprint density at radius 1 is 0.964 bits per heavy atom. The highest BCUT2D eigenvalue weighted by Gasteiger charge is 2.28. The highest BCUT2D eigenvalue weighted by molar-refractivity contribution is 5.94. The van der Waals surface area contributed by atoms with E-state index in [-0.39, 0.29) is 29.8 Å². The number of nitrogens with zero attached hydrogens (tertiary/aromatic N) is 2. The molecule has 1 saturated heterocycles. The van der Waals surface area contributed by atoms with E-state index in [4.69, 9.17) is 5.11 Å². The lowest BCUT2D eigenvalue weighted by Crippen LogP contribution is -2.49. The van der Waals surface area contributed by atoms with Crippen molar-refractivity contribution in [2.24, 2.45) is 0 Å². The molecule has 2 aromatic carbocycles. The molecule has 28 heavy (non-hydrogen) atoms. The quantitative estimate of drug-likeness (QED) is 0.825. The third-order valence-corrected chi connectivity index (χ3v) is 5.03. The lowest BCUT2D eigenvalue weighted by molar-refractivity contribution is -0.137. The third kappa shape index (κ3) is 4.72. The first-order valence-electron chi connectivity index (χ1n) is 9.21. The van der Waals surface area contributed by atoms with Crippen molar-refractivity contribution >= 4 is 11.9 Å². The van der Waals surface area contributed by atoms with Crippen molar-refractivity contribution in [1.82, 2.24) is 9.80 Å². The van der Waals surface area contributed by atoms with E-state index in [9.17, 15) is 18.4 Å². The van der Waals surface area contributed by atoms with Crippen LogP contribution in [0.4, 0.5) is 8.78 Å². The van der Waals surface area contributed by atoms with Crippen LogP contribution in [0.2, 0.25) is 0 Å². The molecule has 1 amide bonds. The van der Waals surface area contributed by atoms with Crippen molar-refractivity contribution < 1.29 is 23.5 Å². The van der Waals surface area contributed by atoms with Crippen LogP contribution in [0.5, 0.6) is 0 Å². The smallest absolute Gasteiger partial charge is 0.303 e. The topological polar surface area (TPSA) is 60.9 Å². The SMILES string of the molecule is O=C(O)CC[C@@H](c1ccc(F)cc1)N1CCN(C(=O)c2ccccc2F)CC1. The van der Waals surface area contributed by atoms with Gasteiger partial charge in [-0.3, -0.25) is 14.5 Å². The van der Waals surface area contributed by atoms with Crippen molar-refractivity contribution in [3.63, 3.8) is 0 Å². The van der Waals surface area contributed by atoms with E-state index in [1.54, 1.807) is 29.2 Å². The van der Waals surface area contributed by atoms with Crippen LogP contribution < -0.4 is 0 Å². The number of piperazine rings is 1. The van der Waals surface area contributed by atoms with Gasteiger partial charge in [0.25, 0.3) is 5.91 Å². The molecule has 0 unspecified atom stereocenters. The molecule has 0 aromatic heterocycles. The molecule has 0 bridgehead atoms. The number of aliphatic carboxylic acids is 1. The van der Waals surface area contributed by atoms with E-state index >= 15 is 0 Å². The number of hydrogen-bond donors (Lipinski definition) is 1. The molecule has 1 atom stereocenters. The molecule has 1 fully saturated rings. The molecule has 3 rings (SSSR count). The Hall–Kier alpha value is -2.80. The molecular weight excluding hydrogens is 366 g/mol.